The average Bonchev–Trinajstić information content (AvgIpc) is 3.09. The van der Waals surface area contributed by atoms with Crippen molar-refractivity contribution in [2.75, 3.05) is 6.54 Å². The third-order valence-electron chi connectivity index (χ3n) is 5.19. The van der Waals surface area contributed by atoms with E-state index in [1.54, 1.807) is 0 Å². The van der Waals surface area contributed by atoms with Crippen molar-refractivity contribution in [3.8, 4) is 0 Å². The largest absolute Gasteiger partial charge is 0.314 e. The van der Waals surface area contributed by atoms with E-state index in [0.29, 0.717) is 12.1 Å². The van der Waals surface area contributed by atoms with Gasteiger partial charge in [-0.3, -0.25) is 0 Å². The second-order valence-corrected chi connectivity index (χ2v) is 8.12. The predicted octanol–water partition coefficient (Wildman–Crippen LogP) is 3.94. The molecule has 0 bridgehead atoms. The summed E-state index contributed by atoms with van der Waals surface area (Å²) in [7, 11) is 0. The van der Waals surface area contributed by atoms with E-state index in [9.17, 15) is 0 Å². The molecule has 1 saturated carbocycles. The highest BCUT2D eigenvalue weighted by Crippen LogP contribution is 2.34. The maximum absolute atomic E-state index is 3.94. The Balaban J connectivity index is 1.65. The molecule has 4 unspecified atom stereocenters. The number of hydrogen-bond acceptors (Lipinski definition) is 3. The van der Waals surface area contributed by atoms with Crippen molar-refractivity contribution >= 4 is 11.3 Å². The molecule has 20 heavy (non-hydrogen) atoms. The van der Waals surface area contributed by atoms with Gasteiger partial charge >= 0.3 is 0 Å². The fourth-order valence-corrected chi connectivity index (χ4v) is 5.27. The molecule has 1 saturated heterocycles. The first-order valence-corrected chi connectivity index (χ1v) is 9.03. The summed E-state index contributed by atoms with van der Waals surface area (Å²) in [4.78, 5) is 2.92. The van der Waals surface area contributed by atoms with Crippen LogP contribution in [0.15, 0.2) is 6.07 Å². The summed E-state index contributed by atoms with van der Waals surface area (Å²) in [6.45, 7) is 8.04. The Hall–Kier alpha value is -0.380. The van der Waals surface area contributed by atoms with Gasteiger partial charge in [0.05, 0.1) is 0 Å². The average molecular weight is 292 g/mol. The van der Waals surface area contributed by atoms with Gasteiger partial charge in [-0.05, 0) is 70.5 Å². The van der Waals surface area contributed by atoms with Gasteiger partial charge in [0.1, 0.15) is 0 Å². The van der Waals surface area contributed by atoms with Crippen LogP contribution in [0.4, 0.5) is 0 Å². The van der Waals surface area contributed by atoms with Crippen LogP contribution in [0, 0.1) is 19.8 Å². The molecule has 2 N–H and O–H groups in total. The highest BCUT2D eigenvalue weighted by molar-refractivity contribution is 7.12. The second-order valence-electron chi connectivity index (χ2n) is 6.66. The quantitative estimate of drug-likeness (QED) is 0.878. The molecule has 2 heterocycles. The summed E-state index contributed by atoms with van der Waals surface area (Å²) < 4.78 is 0. The first kappa shape index (κ1) is 14.6. The fraction of sp³-hybridized carbons (Fsp3) is 0.765. The molecule has 2 aliphatic rings. The molecular formula is C17H28N2S. The summed E-state index contributed by atoms with van der Waals surface area (Å²) in [5.41, 5.74) is 1.51. The molecule has 112 valence electrons. The number of nitrogens with one attached hydrogen (secondary N) is 2. The standard InChI is InChI=1S/C17H28N2S/c1-11-10-15(13(3)20-11)12(2)19-17-7-4-6-14(17)16-8-5-9-18-16/h10,12,14,16-19H,4-9H2,1-3H3. The maximum Gasteiger partial charge on any atom is 0.0305 e. The lowest BCUT2D eigenvalue weighted by Gasteiger charge is -2.29. The van der Waals surface area contributed by atoms with Crippen LogP contribution in [0.2, 0.25) is 0 Å². The van der Waals surface area contributed by atoms with Crippen molar-refractivity contribution in [2.45, 2.75) is 71.0 Å². The molecule has 0 aromatic carbocycles. The number of thiophene rings is 1. The predicted molar refractivity (Wildman–Crippen MR) is 87.5 cm³/mol. The van der Waals surface area contributed by atoms with Crippen LogP contribution in [-0.4, -0.2) is 18.6 Å². The minimum atomic E-state index is 0.493. The SMILES string of the molecule is Cc1cc(C(C)NC2CCCC2C2CCCN2)c(C)s1. The molecular weight excluding hydrogens is 264 g/mol. The third kappa shape index (κ3) is 2.95. The summed E-state index contributed by atoms with van der Waals surface area (Å²) in [6, 6.07) is 4.34. The summed E-state index contributed by atoms with van der Waals surface area (Å²) in [5, 5.41) is 7.66. The lowest BCUT2D eigenvalue weighted by atomic mass is 9.92. The molecule has 3 rings (SSSR count). The summed E-state index contributed by atoms with van der Waals surface area (Å²) >= 11 is 1.93. The zero-order valence-electron chi connectivity index (χ0n) is 13.0. The van der Waals surface area contributed by atoms with E-state index in [0.717, 1.165) is 12.0 Å². The van der Waals surface area contributed by atoms with E-state index >= 15 is 0 Å². The van der Waals surface area contributed by atoms with E-state index in [4.69, 9.17) is 0 Å². The molecule has 1 aliphatic heterocycles. The first-order valence-electron chi connectivity index (χ1n) is 8.21. The van der Waals surface area contributed by atoms with Crippen LogP contribution >= 0.6 is 11.3 Å². The molecule has 2 nitrogen and oxygen atoms in total. The summed E-state index contributed by atoms with van der Waals surface area (Å²) in [5.74, 6) is 0.847. The van der Waals surface area contributed by atoms with Gasteiger partial charge in [0.2, 0.25) is 0 Å². The van der Waals surface area contributed by atoms with Crippen LogP contribution in [0.3, 0.4) is 0 Å². The van der Waals surface area contributed by atoms with Crippen LogP contribution < -0.4 is 10.6 Å². The molecule has 0 radical (unpaired) electrons. The lowest BCUT2D eigenvalue weighted by molar-refractivity contribution is 0.303. The fourth-order valence-electron chi connectivity index (χ4n) is 4.25. The minimum Gasteiger partial charge on any atom is -0.314 e. The van der Waals surface area contributed by atoms with Gasteiger partial charge in [0.15, 0.2) is 0 Å². The summed E-state index contributed by atoms with van der Waals surface area (Å²) in [6.07, 6.45) is 6.91. The Morgan fingerprint density at radius 2 is 2.10 bits per heavy atom. The first-order chi connectivity index (χ1) is 9.65. The van der Waals surface area contributed by atoms with Crippen molar-refractivity contribution in [3.63, 3.8) is 0 Å². The van der Waals surface area contributed by atoms with Crippen molar-refractivity contribution in [1.82, 2.24) is 10.6 Å². The number of aryl methyl sites for hydroxylation is 2. The Labute approximate surface area is 127 Å². The normalized spacial score (nSPS) is 31.9. The Bertz CT molecular complexity index is 448. The second kappa shape index (κ2) is 6.17. The maximum atomic E-state index is 3.94. The Morgan fingerprint density at radius 3 is 2.75 bits per heavy atom. The van der Waals surface area contributed by atoms with Gasteiger partial charge in [-0.25, -0.2) is 0 Å². The van der Waals surface area contributed by atoms with Crippen LogP contribution in [-0.2, 0) is 0 Å². The van der Waals surface area contributed by atoms with Crippen LogP contribution in [0.5, 0.6) is 0 Å². The van der Waals surface area contributed by atoms with Crippen molar-refractivity contribution in [1.29, 1.82) is 0 Å². The molecule has 0 spiro atoms. The Morgan fingerprint density at radius 1 is 1.25 bits per heavy atom. The number of hydrogen-bond donors (Lipinski definition) is 2. The smallest absolute Gasteiger partial charge is 0.0305 e. The number of rotatable bonds is 4. The topological polar surface area (TPSA) is 24.1 Å². The minimum absolute atomic E-state index is 0.493. The van der Waals surface area contributed by atoms with Crippen LogP contribution in [0.25, 0.3) is 0 Å². The van der Waals surface area contributed by atoms with Crippen molar-refractivity contribution < 1.29 is 0 Å². The van der Waals surface area contributed by atoms with Gasteiger partial charge in [-0.2, -0.15) is 0 Å². The monoisotopic (exact) mass is 292 g/mol. The van der Waals surface area contributed by atoms with Gasteiger partial charge in [-0.1, -0.05) is 6.42 Å². The molecule has 3 heteroatoms. The van der Waals surface area contributed by atoms with Crippen molar-refractivity contribution in [2.24, 2.45) is 5.92 Å². The van der Waals surface area contributed by atoms with Crippen LogP contribution in [0.1, 0.15) is 60.4 Å². The molecule has 2 fully saturated rings. The van der Waals surface area contributed by atoms with E-state index in [1.807, 2.05) is 11.3 Å². The highest BCUT2D eigenvalue weighted by Gasteiger charge is 2.35. The molecule has 1 aromatic rings. The molecule has 1 aliphatic carbocycles. The lowest BCUT2D eigenvalue weighted by Crippen LogP contribution is -2.42. The van der Waals surface area contributed by atoms with E-state index in [2.05, 4.69) is 37.5 Å². The van der Waals surface area contributed by atoms with Crippen molar-refractivity contribution in [3.05, 3.63) is 21.4 Å². The zero-order valence-corrected chi connectivity index (χ0v) is 13.9. The van der Waals surface area contributed by atoms with E-state index in [1.165, 1.54) is 54.0 Å². The molecule has 0 amide bonds. The van der Waals surface area contributed by atoms with Gasteiger partial charge in [-0.15, -0.1) is 11.3 Å². The highest BCUT2D eigenvalue weighted by atomic mass is 32.1. The van der Waals surface area contributed by atoms with E-state index < -0.39 is 0 Å². The molecule has 4 atom stereocenters. The molecule has 1 aromatic heterocycles. The van der Waals surface area contributed by atoms with Gasteiger partial charge < -0.3 is 10.6 Å². The Kier molecular flexibility index (Phi) is 4.49. The van der Waals surface area contributed by atoms with Gasteiger partial charge in [0.25, 0.3) is 0 Å². The zero-order chi connectivity index (χ0) is 14.1. The third-order valence-corrected chi connectivity index (χ3v) is 6.18. The van der Waals surface area contributed by atoms with E-state index in [-0.39, 0.29) is 0 Å². The van der Waals surface area contributed by atoms with Gasteiger partial charge in [0, 0.05) is 27.9 Å².